The summed E-state index contributed by atoms with van der Waals surface area (Å²) in [5, 5.41) is 9.32. The highest BCUT2D eigenvalue weighted by atomic mass is 79.9. The molecule has 1 N–H and O–H groups in total. The van der Waals surface area contributed by atoms with Gasteiger partial charge in [-0.1, -0.05) is 56.1 Å². The fourth-order valence-corrected chi connectivity index (χ4v) is 5.98. The lowest BCUT2D eigenvalue weighted by Crippen LogP contribution is -2.60. The van der Waals surface area contributed by atoms with Gasteiger partial charge in [-0.05, 0) is 54.7 Å². The molecule has 0 saturated carbocycles. The molecule has 0 aromatic heterocycles. The van der Waals surface area contributed by atoms with Crippen LogP contribution in [0.1, 0.15) is 29.7 Å². The number of benzene rings is 2. The van der Waals surface area contributed by atoms with Gasteiger partial charge in [-0.3, -0.25) is 4.90 Å². The quantitative estimate of drug-likeness (QED) is 0.575. The molecule has 4 rings (SSSR count). The van der Waals surface area contributed by atoms with Gasteiger partial charge in [0.25, 0.3) is 0 Å². The highest BCUT2D eigenvalue weighted by molar-refractivity contribution is 9.11. The molecule has 2 aromatic rings. The highest BCUT2D eigenvalue weighted by Gasteiger charge is 2.44. The highest BCUT2D eigenvalue weighted by Crippen LogP contribution is 2.37. The Hall–Kier alpha value is -1.41. The average Bonchev–Trinajstić information content (AvgIpc) is 3.11. The van der Waals surface area contributed by atoms with E-state index in [1.807, 2.05) is 6.07 Å². The number of piperazine rings is 1. The first-order valence-corrected chi connectivity index (χ1v) is 11.8. The Morgan fingerprint density at radius 1 is 1.07 bits per heavy atom. The minimum absolute atomic E-state index is 0.0419. The van der Waals surface area contributed by atoms with Crippen molar-refractivity contribution in [3.63, 3.8) is 0 Å². The maximum Gasteiger partial charge on any atom is 0.407 e. The molecule has 1 fully saturated rings. The molecule has 2 aliphatic rings. The second-order valence-electron chi connectivity index (χ2n) is 8.26. The summed E-state index contributed by atoms with van der Waals surface area (Å²) >= 11 is 7.12. The van der Waals surface area contributed by atoms with E-state index in [9.17, 15) is 9.90 Å². The molecule has 1 aliphatic carbocycles. The topological polar surface area (TPSA) is 53.0 Å². The molecule has 0 spiro atoms. The summed E-state index contributed by atoms with van der Waals surface area (Å²) < 4.78 is 8.52. The zero-order valence-corrected chi connectivity index (χ0v) is 20.2. The molecule has 1 amide bonds. The summed E-state index contributed by atoms with van der Waals surface area (Å²) in [5.74, 6) is 0. The van der Waals surface area contributed by atoms with Gasteiger partial charge in [0.2, 0.25) is 0 Å². The number of fused-ring (bicyclic) bond motifs is 1. The minimum atomic E-state index is -0.830. The summed E-state index contributed by atoms with van der Waals surface area (Å²) in [6.07, 6.45) is 0.999. The van der Waals surface area contributed by atoms with E-state index in [0.717, 1.165) is 40.4 Å². The van der Waals surface area contributed by atoms with Crippen LogP contribution in [-0.2, 0) is 17.6 Å². The smallest absolute Gasteiger partial charge is 0.407 e. The molecule has 0 radical (unpaired) electrons. The number of ether oxygens (including phenoxy) is 1. The van der Waals surface area contributed by atoms with Crippen molar-refractivity contribution in [1.29, 1.82) is 0 Å². The number of rotatable bonds is 5. The number of carbonyl (C=O) groups is 1. The van der Waals surface area contributed by atoms with Crippen molar-refractivity contribution in [1.82, 2.24) is 9.80 Å². The lowest BCUT2D eigenvalue weighted by Gasteiger charge is -2.45. The first kappa shape index (κ1) is 21.8. The van der Waals surface area contributed by atoms with Gasteiger partial charge in [-0.25, -0.2) is 4.79 Å². The Bertz CT molecular complexity index is 883. The van der Waals surface area contributed by atoms with Crippen LogP contribution in [0.2, 0.25) is 0 Å². The Labute approximate surface area is 194 Å². The summed E-state index contributed by atoms with van der Waals surface area (Å²) in [6, 6.07) is 14.8. The van der Waals surface area contributed by atoms with Gasteiger partial charge in [0.05, 0.1) is 18.2 Å². The third kappa shape index (κ3) is 4.59. The zero-order chi connectivity index (χ0) is 21.3. The van der Waals surface area contributed by atoms with Crippen molar-refractivity contribution in [2.24, 2.45) is 0 Å². The van der Waals surface area contributed by atoms with Crippen molar-refractivity contribution in [3.05, 3.63) is 68.1 Å². The largest absolute Gasteiger partial charge is 0.465 e. The van der Waals surface area contributed by atoms with Crippen LogP contribution in [-0.4, -0.2) is 59.3 Å². The van der Waals surface area contributed by atoms with E-state index in [0.29, 0.717) is 19.7 Å². The van der Waals surface area contributed by atoms with Crippen molar-refractivity contribution in [2.45, 2.75) is 31.4 Å². The monoisotopic (exact) mass is 536 g/mol. The molecule has 1 atom stereocenters. The molecule has 1 aliphatic heterocycles. The molecular weight excluding hydrogens is 512 g/mol. The van der Waals surface area contributed by atoms with E-state index in [2.05, 4.69) is 80.1 Å². The van der Waals surface area contributed by atoms with Crippen LogP contribution in [0.5, 0.6) is 0 Å². The van der Waals surface area contributed by atoms with E-state index in [4.69, 9.17) is 4.74 Å². The second-order valence-corrected chi connectivity index (χ2v) is 10.1. The number of nitrogens with zero attached hydrogens (tertiary/aromatic N) is 2. The fourth-order valence-electron chi connectivity index (χ4n) is 4.65. The van der Waals surface area contributed by atoms with Gasteiger partial charge in [0.15, 0.2) is 0 Å². The molecular formula is C23H26Br2N2O3. The Morgan fingerprint density at radius 3 is 2.17 bits per heavy atom. The predicted molar refractivity (Wildman–Crippen MR) is 124 cm³/mol. The van der Waals surface area contributed by atoms with Gasteiger partial charge in [0, 0.05) is 35.1 Å². The molecule has 2 aromatic carbocycles. The molecule has 7 heteroatoms. The first-order chi connectivity index (χ1) is 14.4. The van der Waals surface area contributed by atoms with Crippen LogP contribution < -0.4 is 0 Å². The molecule has 1 saturated heterocycles. The van der Waals surface area contributed by atoms with Crippen molar-refractivity contribution >= 4 is 38.0 Å². The van der Waals surface area contributed by atoms with Crippen LogP contribution in [0.25, 0.3) is 0 Å². The maximum atomic E-state index is 11.3. The lowest BCUT2D eigenvalue weighted by atomic mass is 9.93. The van der Waals surface area contributed by atoms with Gasteiger partial charge < -0.3 is 14.7 Å². The average molecular weight is 538 g/mol. The predicted octanol–water partition coefficient (Wildman–Crippen LogP) is 5.12. The van der Waals surface area contributed by atoms with E-state index >= 15 is 0 Å². The van der Waals surface area contributed by atoms with E-state index in [1.54, 1.807) is 0 Å². The van der Waals surface area contributed by atoms with Crippen LogP contribution in [0.15, 0.2) is 51.4 Å². The fraction of sp³-hybridized carbons (Fsp3) is 0.435. The Morgan fingerprint density at radius 2 is 1.63 bits per heavy atom. The maximum absolute atomic E-state index is 11.3. The molecule has 30 heavy (non-hydrogen) atoms. The number of hydrogen-bond acceptors (Lipinski definition) is 3. The molecule has 5 nitrogen and oxygen atoms in total. The lowest BCUT2D eigenvalue weighted by molar-refractivity contribution is -0.0474. The van der Waals surface area contributed by atoms with Gasteiger partial charge >= 0.3 is 6.09 Å². The van der Waals surface area contributed by atoms with Crippen LogP contribution in [0, 0.1) is 0 Å². The number of amides is 1. The summed E-state index contributed by atoms with van der Waals surface area (Å²) in [6.45, 7) is 5.26. The van der Waals surface area contributed by atoms with Gasteiger partial charge in [0.1, 0.15) is 0 Å². The minimum Gasteiger partial charge on any atom is -0.465 e. The van der Waals surface area contributed by atoms with Crippen molar-refractivity contribution in [2.75, 3.05) is 32.8 Å². The summed E-state index contributed by atoms with van der Waals surface area (Å²) in [5.41, 5.74) is 3.74. The van der Waals surface area contributed by atoms with Gasteiger partial charge in [-0.2, -0.15) is 0 Å². The van der Waals surface area contributed by atoms with E-state index in [1.165, 1.54) is 16.0 Å². The zero-order valence-electron chi connectivity index (χ0n) is 17.0. The first-order valence-electron chi connectivity index (χ1n) is 10.2. The Balaban J connectivity index is 1.52. The van der Waals surface area contributed by atoms with Crippen LogP contribution >= 0.6 is 31.9 Å². The molecule has 1 heterocycles. The van der Waals surface area contributed by atoms with Crippen LogP contribution in [0.3, 0.4) is 0 Å². The van der Waals surface area contributed by atoms with E-state index in [-0.39, 0.29) is 11.6 Å². The third-order valence-electron chi connectivity index (χ3n) is 6.33. The van der Waals surface area contributed by atoms with E-state index < -0.39 is 6.09 Å². The second kappa shape index (κ2) is 8.99. The Kier molecular flexibility index (Phi) is 6.53. The SMILES string of the molecule is C[C@H](OCC1(N2CCN(C(=O)O)CC2)Cc2ccccc2C1)c1cc(Br)cc(Br)c1. The number of hydrogen-bond donors (Lipinski definition) is 1. The van der Waals surface area contributed by atoms with Gasteiger partial charge in [-0.15, -0.1) is 0 Å². The van der Waals surface area contributed by atoms with Crippen molar-refractivity contribution < 1.29 is 14.6 Å². The standard InChI is InChI=1S/C23H26Br2N2O3/c1-16(19-10-20(24)12-21(25)11-19)30-15-23(13-17-4-2-3-5-18(17)14-23)27-8-6-26(7-9-27)22(28)29/h2-5,10-12,16H,6-9,13-15H2,1H3,(H,28,29)/t16-/m0/s1. The number of halogens is 2. The third-order valence-corrected chi connectivity index (χ3v) is 7.25. The van der Waals surface area contributed by atoms with Crippen LogP contribution in [0.4, 0.5) is 4.79 Å². The molecule has 0 bridgehead atoms. The molecule has 160 valence electrons. The normalized spacial score (nSPS) is 19.5. The summed E-state index contributed by atoms with van der Waals surface area (Å²) in [7, 11) is 0. The number of carboxylic acid groups (broad SMARTS) is 1. The summed E-state index contributed by atoms with van der Waals surface area (Å²) in [4.78, 5) is 15.3. The van der Waals surface area contributed by atoms with Crippen molar-refractivity contribution in [3.8, 4) is 0 Å². The molecule has 0 unspecified atom stereocenters.